The van der Waals surface area contributed by atoms with Crippen molar-refractivity contribution in [3.63, 3.8) is 0 Å². The van der Waals surface area contributed by atoms with Gasteiger partial charge in [0.1, 0.15) is 11.6 Å². The van der Waals surface area contributed by atoms with Crippen LogP contribution in [0.5, 0.6) is 0 Å². The molecule has 0 saturated carbocycles. The highest BCUT2D eigenvalue weighted by Crippen LogP contribution is 2.23. The summed E-state index contributed by atoms with van der Waals surface area (Å²) in [5.41, 5.74) is 1.87. The Balaban J connectivity index is 1.88. The molecule has 1 saturated heterocycles. The van der Waals surface area contributed by atoms with Crippen LogP contribution >= 0.6 is 0 Å². The zero-order valence-corrected chi connectivity index (χ0v) is 14.9. The second-order valence-electron chi connectivity index (χ2n) is 6.27. The Morgan fingerprint density at radius 1 is 1.36 bits per heavy atom. The number of hydrogen-bond acceptors (Lipinski definition) is 5. The van der Waals surface area contributed by atoms with Gasteiger partial charge >= 0.3 is 0 Å². The summed E-state index contributed by atoms with van der Waals surface area (Å²) in [5, 5.41) is 15.2. The fraction of sp³-hybridized carbons (Fsp3) is 0.474. The molecular formula is C19H26N4O2. The van der Waals surface area contributed by atoms with Crippen molar-refractivity contribution >= 4 is 11.6 Å². The molecule has 0 spiro atoms. The second-order valence-corrected chi connectivity index (χ2v) is 6.27. The van der Waals surface area contributed by atoms with Gasteiger partial charge in [0.05, 0.1) is 13.2 Å². The van der Waals surface area contributed by atoms with Crippen molar-refractivity contribution in [3.05, 3.63) is 41.6 Å². The third kappa shape index (κ3) is 5.89. The second kappa shape index (κ2) is 9.82. The Labute approximate surface area is 149 Å². The summed E-state index contributed by atoms with van der Waals surface area (Å²) in [6, 6.07) is 9.62. The molecule has 1 aromatic carbocycles. The van der Waals surface area contributed by atoms with Crippen molar-refractivity contribution in [1.82, 2.24) is 10.2 Å². The van der Waals surface area contributed by atoms with Gasteiger partial charge in [0.25, 0.3) is 5.91 Å². The highest BCUT2D eigenvalue weighted by Gasteiger charge is 2.13. The molecule has 6 heteroatoms. The van der Waals surface area contributed by atoms with E-state index in [9.17, 15) is 10.1 Å². The van der Waals surface area contributed by atoms with Crippen LogP contribution in [0.25, 0.3) is 0 Å². The maximum absolute atomic E-state index is 12.3. The third-order valence-corrected chi connectivity index (χ3v) is 4.12. The van der Waals surface area contributed by atoms with E-state index < -0.39 is 5.91 Å². The van der Waals surface area contributed by atoms with E-state index in [-0.39, 0.29) is 11.5 Å². The first-order valence-electron chi connectivity index (χ1n) is 8.66. The highest BCUT2D eigenvalue weighted by atomic mass is 16.5. The molecule has 0 radical (unpaired) electrons. The van der Waals surface area contributed by atoms with Gasteiger partial charge in [-0.15, -0.1) is 0 Å². The fourth-order valence-electron chi connectivity index (χ4n) is 2.67. The van der Waals surface area contributed by atoms with E-state index in [1.165, 1.54) is 6.20 Å². The van der Waals surface area contributed by atoms with Crippen molar-refractivity contribution < 1.29 is 9.53 Å². The SMILES string of the molecule is CC(C)c1ccccc1NC(=O)/C(C#N)=C\NCCN1CCOCC1. The maximum atomic E-state index is 12.3. The number of para-hydroxylation sites is 1. The average Bonchev–Trinajstić information content (AvgIpc) is 2.63. The van der Waals surface area contributed by atoms with Gasteiger partial charge in [-0.2, -0.15) is 5.26 Å². The molecule has 0 aromatic heterocycles. The first-order chi connectivity index (χ1) is 12.1. The summed E-state index contributed by atoms with van der Waals surface area (Å²) in [6.07, 6.45) is 1.49. The van der Waals surface area contributed by atoms with E-state index in [4.69, 9.17) is 4.74 Å². The first kappa shape index (κ1) is 19.0. The molecule has 0 bridgehead atoms. The molecule has 2 rings (SSSR count). The van der Waals surface area contributed by atoms with Gasteiger partial charge < -0.3 is 15.4 Å². The zero-order valence-electron chi connectivity index (χ0n) is 14.9. The third-order valence-electron chi connectivity index (χ3n) is 4.12. The molecular weight excluding hydrogens is 316 g/mol. The predicted molar refractivity (Wildman–Crippen MR) is 98.1 cm³/mol. The van der Waals surface area contributed by atoms with Crippen LogP contribution in [-0.2, 0) is 9.53 Å². The summed E-state index contributed by atoms with van der Waals surface area (Å²) in [5.74, 6) is -0.105. The lowest BCUT2D eigenvalue weighted by Gasteiger charge is -2.26. The first-order valence-corrected chi connectivity index (χ1v) is 8.66. The maximum Gasteiger partial charge on any atom is 0.267 e. The number of carbonyl (C=O) groups is 1. The molecule has 25 heavy (non-hydrogen) atoms. The van der Waals surface area contributed by atoms with Gasteiger partial charge in [-0.25, -0.2) is 0 Å². The van der Waals surface area contributed by atoms with Crippen LogP contribution in [-0.4, -0.2) is 50.2 Å². The van der Waals surface area contributed by atoms with Gasteiger partial charge in [-0.3, -0.25) is 9.69 Å². The summed E-state index contributed by atoms with van der Waals surface area (Å²) in [4.78, 5) is 14.6. The Morgan fingerprint density at radius 2 is 2.08 bits per heavy atom. The topological polar surface area (TPSA) is 77.4 Å². The minimum atomic E-state index is -0.394. The lowest BCUT2D eigenvalue weighted by molar-refractivity contribution is -0.112. The van der Waals surface area contributed by atoms with Crippen molar-refractivity contribution in [2.45, 2.75) is 19.8 Å². The number of anilines is 1. The van der Waals surface area contributed by atoms with Gasteiger partial charge in [-0.05, 0) is 17.5 Å². The van der Waals surface area contributed by atoms with Crippen molar-refractivity contribution in [2.75, 3.05) is 44.7 Å². The molecule has 2 N–H and O–H groups in total. The normalized spacial score (nSPS) is 15.7. The molecule has 0 unspecified atom stereocenters. The number of rotatable bonds is 7. The molecule has 1 aliphatic heterocycles. The molecule has 1 amide bonds. The Hall–Kier alpha value is -2.36. The summed E-state index contributed by atoms with van der Waals surface area (Å²) in [7, 11) is 0. The number of hydrogen-bond donors (Lipinski definition) is 2. The van der Waals surface area contributed by atoms with E-state index in [2.05, 4.69) is 29.4 Å². The zero-order chi connectivity index (χ0) is 18.1. The number of benzene rings is 1. The highest BCUT2D eigenvalue weighted by molar-refractivity contribution is 6.06. The van der Waals surface area contributed by atoms with E-state index in [1.807, 2.05) is 30.3 Å². The standard InChI is InChI=1S/C19H26N4O2/c1-15(2)17-5-3-4-6-18(17)22-19(24)16(13-20)14-21-7-8-23-9-11-25-12-10-23/h3-6,14-15,21H,7-12H2,1-2H3,(H,22,24)/b16-14-. The quantitative estimate of drug-likeness (QED) is 0.451. The summed E-state index contributed by atoms with van der Waals surface area (Å²) in [6.45, 7) is 9.04. The number of nitrogens with zero attached hydrogens (tertiary/aromatic N) is 2. The molecule has 1 aromatic rings. The number of nitriles is 1. The molecule has 1 fully saturated rings. The lowest BCUT2D eigenvalue weighted by Crippen LogP contribution is -2.39. The van der Waals surface area contributed by atoms with E-state index >= 15 is 0 Å². The molecule has 1 aliphatic rings. The van der Waals surface area contributed by atoms with E-state index in [0.717, 1.165) is 44.1 Å². The molecule has 0 aliphatic carbocycles. The van der Waals surface area contributed by atoms with Crippen LogP contribution in [0.2, 0.25) is 0 Å². The number of amides is 1. The van der Waals surface area contributed by atoms with Gasteiger partial charge in [0, 0.05) is 38.1 Å². The van der Waals surface area contributed by atoms with Crippen molar-refractivity contribution in [3.8, 4) is 6.07 Å². The molecule has 0 atom stereocenters. The van der Waals surface area contributed by atoms with Crippen LogP contribution in [0.3, 0.4) is 0 Å². The van der Waals surface area contributed by atoms with Crippen LogP contribution < -0.4 is 10.6 Å². The summed E-state index contributed by atoms with van der Waals surface area (Å²) >= 11 is 0. The number of nitrogens with one attached hydrogen (secondary N) is 2. The Bertz CT molecular complexity index is 643. The average molecular weight is 342 g/mol. The van der Waals surface area contributed by atoms with Crippen LogP contribution in [0.1, 0.15) is 25.3 Å². The Morgan fingerprint density at radius 3 is 2.76 bits per heavy atom. The lowest BCUT2D eigenvalue weighted by atomic mass is 10.0. The minimum Gasteiger partial charge on any atom is -0.388 e. The molecule has 1 heterocycles. The van der Waals surface area contributed by atoms with Gasteiger partial charge in [0.2, 0.25) is 0 Å². The summed E-state index contributed by atoms with van der Waals surface area (Å²) < 4.78 is 5.31. The number of morpholine rings is 1. The molecule has 6 nitrogen and oxygen atoms in total. The van der Waals surface area contributed by atoms with Crippen molar-refractivity contribution in [2.24, 2.45) is 0 Å². The largest absolute Gasteiger partial charge is 0.388 e. The number of carbonyl (C=O) groups excluding carboxylic acids is 1. The van der Waals surface area contributed by atoms with E-state index in [0.29, 0.717) is 6.54 Å². The van der Waals surface area contributed by atoms with Crippen LogP contribution in [0, 0.1) is 11.3 Å². The van der Waals surface area contributed by atoms with Gasteiger partial charge in [0.15, 0.2) is 0 Å². The van der Waals surface area contributed by atoms with Crippen molar-refractivity contribution in [1.29, 1.82) is 5.26 Å². The van der Waals surface area contributed by atoms with E-state index in [1.54, 1.807) is 0 Å². The molecule has 134 valence electrons. The van der Waals surface area contributed by atoms with Gasteiger partial charge in [-0.1, -0.05) is 32.0 Å². The Kier molecular flexibility index (Phi) is 7.45. The van der Waals surface area contributed by atoms with Crippen LogP contribution in [0.15, 0.2) is 36.0 Å². The predicted octanol–water partition coefficient (Wildman–Crippen LogP) is 2.08. The fourth-order valence-corrected chi connectivity index (χ4v) is 2.67. The monoisotopic (exact) mass is 342 g/mol. The smallest absolute Gasteiger partial charge is 0.267 e. The minimum absolute atomic E-state index is 0.0699. The van der Waals surface area contributed by atoms with Crippen LogP contribution in [0.4, 0.5) is 5.69 Å². The number of ether oxygens (including phenoxy) is 1.